The molecule has 1 heterocycles. The number of anilines is 1. The number of nitrogens with two attached hydrogens (primary N) is 1. The highest BCUT2D eigenvalue weighted by atomic mass is 35.5. The minimum absolute atomic E-state index is 0.0283. The minimum Gasteiger partial charge on any atom is -0.489 e. The maximum atomic E-state index is 12.9. The zero-order valence-corrected chi connectivity index (χ0v) is 22.0. The summed E-state index contributed by atoms with van der Waals surface area (Å²) in [6.07, 6.45) is 4.25. The lowest BCUT2D eigenvalue weighted by Gasteiger charge is -2.31. The zero-order chi connectivity index (χ0) is 27.9. The third kappa shape index (κ3) is 8.20. The third-order valence-electron chi connectivity index (χ3n) is 5.81. The number of amidine groups is 1. The molecular formula is C25H29ClN4O7S. The van der Waals surface area contributed by atoms with Gasteiger partial charge in [0.2, 0.25) is 10.0 Å². The second-order valence-corrected chi connectivity index (χ2v) is 11.0. The van der Waals surface area contributed by atoms with Gasteiger partial charge >= 0.3 is 11.9 Å². The molecule has 1 aliphatic rings. The minimum atomic E-state index is -4.25. The fourth-order valence-electron chi connectivity index (χ4n) is 4.00. The summed E-state index contributed by atoms with van der Waals surface area (Å²) in [6, 6.07) is 11.2. The van der Waals surface area contributed by atoms with Crippen molar-refractivity contribution in [2.45, 2.75) is 18.9 Å². The van der Waals surface area contributed by atoms with E-state index in [1.165, 1.54) is 18.2 Å². The molecule has 2 aromatic carbocycles. The van der Waals surface area contributed by atoms with Crippen LogP contribution in [0.1, 0.15) is 24.0 Å². The number of carboxylic acids is 2. The van der Waals surface area contributed by atoms with Gasteiger partial charge in [-0.3, -0.25) is 24.2 Å². The van der Waals surface area contributed by atoms with Gasteiger partial charge in [0.1, 0.15) is 17.7 Å². The molecule has 2 aromatic rings. The van der Waals surface area contributed by atoms with Gasteiger partial charge in [0.05, 0.1) is 23.8 Å². The number of piperidine rings is 1. The van der Waals surface area contributed by atoms with Gasteiger partial charge in [-0.15, -0.1) is 0 Å². The average molecular weight is 565 g/mol. The van der Waals surface area contributed by atoms with Crippen LogP contribution < -0.4 is 14.8 Å². The van der Waals surface area contributed by atoms with Crippen LogP contribution in [-0.4, -0.2) is 79.3 Å². The van der Waals surface area contributed by atoms with Crippen molar-refractivity contribution in [1.82, 2.24) is 4.90 Å². The Morgan fingerprint density at radius 3 is 2.47 bits per heavy atom. The largest absolute Gasteiger partial charge is 0.489 e. The Hall–Kier alpha value is -3.61. The maximum absolute atomic E-state index is 12.9. The normalized spacial score (nSPS) is 14.9. The molecule has 0 amide bonds. The first-order valence-corrected chi connectivity index (χ1v) is 13.7. The van der Waals surface area contributed by atoms with Crippen molar-refractivity contribution in [3.63, 3.8) is 0 Å². The molecule has 38 heavy (non-hydrogen) atoms. The molecule has 0 spiro atoms. The topological polar surface area (TPSA) is 174 Å². The first-order chi connectivity index (χ1) is 17.9. The Balaban J connectivity index is 1.77. The Kier molecular flexibility index (Phi) is 9.72. The van der Waals surface area contributed by atoms with E-state index in [4.69, 9.17) is 37.7 Å². The quantitative estimate of drug-likeness (QED) is 0.223. The molecule has 1 saturated heterocycles. The first kappa shape index (κ1) is 29.0. The molecule has 11 nitrogen and oxygen atoms in total. The van der Waals surface area contributed by atoms with E-state index in [0.29, 0.717) is 42.8 Å². The number of rotatable bonds is 12. The van der Waals surface area contributed by atoms with Crippen molar-refractivity contribution < 1.29 is 33.0 Å². The number of nitrogen functional groups attached to an aromatic ring is 1. The van der Waals surface area contributed by atoms with Gasteiger partial charge in [-0.2, -0.15) is 0 Å². The van der Waals surface area contributed by atoms with E-state index in [1.807, 2.05) is 4.90 Å². The lowest BCUT2D eigenvalue weighted by Crippen LogP contribution is -2.40. The van der Waals surface area contributed by atoms with Crippen molar-refractivity contribution in [2.24, 2.45) is 5.73 Å². The molecule has 13 heteroatoms. The Labute approximate surface area is 225 Å². The molecule has 1 aliphatic heterocycles. The summed E-state index contributed by atoms with van der Waals surface area (Å²) in [6.45, 7) is 0.934. The summed E-state index contributed by atoms with van der Waals surface area (Å²) in [5, 5.41) is 25.8. The lowest BCUT2D eigenvalue weighted by molar-refractivity contribution is -0.139. The predicted octanol–water partition coefficient (Wildman–Crippen LogP) is 2.49. The highest BCUT2D eigenvalue weighted by Crippen LogP contribution is 2.32. The summed E-state index contributed by atoms with van der Waals surface area (Å²) in [4.78, 5) is 23.9. The van der Waals surface area contributed by atoms with Crippen molar-refractivity contribution in [2.75, 3.05) is 36.2 Å². The summed E-state index contributed by atoms with van der Waals surface area (Å²) in [5.41, 5.74) is 6.88. The van der Waals surface area contributed by atoms with Gasteiger partial charge in [-0.25, -0.2) is 8.42 Å². The molecule has 204 valence electrons. The van der Waals surface area contributed by atoms with Crippen LogP contribution in [0.3, 0.4) is 0 Å². The number of nitrogens with zero attached hydrogens (tertiary/aromatic N) is 2. The van der Waals surface area contributed by atoms with Crippen LogP contribution in [0.15, 0.2) is 48.5 Å². The van der Waals surface area contributed by atoms with E-state index < -0.39 is 27.7 Å². The van der Waals surface area contributed by atoms with Crippen LogP contribution >= 0.6 is 11.6 Å². The number of carboxylic acid groups (broad SMARTS) is 2. The first-order valence-electron chi connectivity index (χ1n) is 11.7. The van der Waals surface area contributed by atoms with Crippen LogP contribution in [-0.2, 0) is 19.6 Å². The van der Waals surface area contributed by atoms with Gasteiger partial charge in [-0.1, -0.05) is 42.0 Å². The summed E-state index contributed by atoms with van der Waals surface area (Å²) >= 11 is 6.42. The molecule has 1 fully saturated rings. The number of likely N-dealkylation sites (tertiary alicyclic amines) is 1. The highest BCUT2D eigenvalue weighted by Gasteiger charge is 2.27. The smallest absolute Gasteiger partial charge is 0.320 e. The average Bonchev–Trinajstić information content (AvgIpc) is 2.83. The number of hydrogen-bond acceptors (Lipinski definition) is 7. The molecule has 0 aliphatic carbocycles. The molecule has 0 unspecified atom stereocenters. The van der Waals surface area contributed by atoms with Gasteiger partial charge < -0.3 is 20.7 Å². The van der Waals surface area contributed by atoms with Gasteiger partial charge in [0.15, 0.2) is 5.75 Å². The van der Waals surface area contributed by atoms with E-state index in [-0.39, 0.29) is 35.7 Å². The van der Waals surface area contributed by atoms with Crippen molar-refractivity contribution in [1.29, 1.82) is 5.41 Å². The molecule has 0 atom stereocenters. The molecule has 3 rings (SSSR count). The number of sulfonamides is 1. The monoisotopic (exact) mass is 564 g/mol. The van der Waals surface area contributed by atoms with E-state index in [9.17, 15) is 18.0 Å². The molecule has 0 radical (unpaired) electrons. The van der Waals surface area contributed by atoms with Crippen LogP contribution in [0.4, 0.5) is 5.69 Å². The number of aliphatic carboxylic acids is 2. The molecule has 0 bridgehead atoms. The fraction of sp³-hybridized carbons (Fsp3) is 0.320. The molecular weight excluding hydrogens is 536 g/mol. The van der Waals surface area contributed by atoms with E-state index in [0.717, 1.165) is 4.31 Å². The maximum Gasteiger partial charge on any atom is 0.320 e. The lowest BCUT2D eigenvalue weighted by atomic mass is 10.1. The van der Waals surface area contributed by atoms with Crippen molar-refractivity contribution in [3.05, 3.63) is 64.7 Å². The Morgan fingerprint density at radius 2 is 1.87 bits per heavy atom. The van der Waals surface area contributed by atoms with Crippen LogP contribution in [0.25, 0.3) is 6.08 Å². The number of benzene rings is 2. The number of carbonyl (C=O) groups is 2. The Bertz CT molecular complexity index is 1320. The number of ether oxygens (including phenoxy) is 1. The zero-order valence-electron chi connectivity index (χ0n) is 20.4. The van der Waals surface area contributed by atoms with Gasteiger partial charge in [-0.05, 0) is 42.7 Å². The van der Waals surface area contributed by atoms with E-state index >= 15 is 0 Å². The number of hydrogen-bond donors (Lipinski definition) is 4. The van der Waals surface area contributed by atoms with E-state index in [1.54, 1.807) is 36.4 Å². The van der Waals surface area contributed by atoms with E-state index in [2.05, 4.69) is 0 Å². The number of halogens is 1. The van der Waals surface area contributed by atoms with Gasteiger partial charge in [0, 0.05) is 18.7 Å². The van der Waals surface area contributed by atoms with Crippen LogP contribution in [0, 0.1) is 5.41 Å². The predicted molar refractivity (Wildman–Crippen MR) is 144 cm³/mol. The van der Waals surface area contributed by atoms with Crippen molar-refractivity contribution in [3.8, 4) is 5.75 Å². The van der Waals surface area contributed by atoms with Crippen LogP contribution in [0.5, 0.6) is 5.75 Å². The Morgan fingerprint density at radius 1 is 1.16 bits per heavy atom. The number of nitrogens with one attached hydrogen (secondary N) is 1. The second kappa shape index (κ2) is 12.8. The highest BCUT2D eigenvalue weighted by molar-refractivity contribution is 7.93. The third-order valence-corrected chi connectivity index (χ3v) is 7.75. The molecule has 0 saturated carbocycles. The fourth-order valence-corrected chi connectivity index (χ4v) is 5.44. The summed E-state index contributed by atoms with van der Waals surface area (Å²) < 4.78 is 32.7. The van der Waals surface area contributed by atoms with Crippen molar-refractivity contribution >= 4 is 51.2 Å². The summed E-state index contributed by atoms with van der Waals surface area (Å²) in [5.74, 6) is -3.24. The summed E-state index contributed by atoms with van der Waals surface area (Å²) in [7, 11) is -4.25. The SMILES string of the molecule is N=C(N)c1cccc(/C=C/CN(c2ccc(OC3CCN(CC(=O)O)CC3)c(Cl)c2)S(=O)(=O)CC(=O)O)c1. The second-order valence-electron chi connectivity index (χ2n) is 8.72. The van der Waals surface area contributed by atoms with Gasteiger partial charge in [0.25, 0.3) is 0 Å². The molecule has 0 aromatic heterocycles. The van der Waals surface area contributed by atoms with Crippen LogP contribution in [0.2, 0.25) is 5.02 Å². The molecule has 5 N–H and O–H groups in total. The standard InChI is InChI=1S/C25H29ClN4O7S/c26-21-14-19(6-7-22(21)37-20-8-11-29(12-9-20)15-23(31)32)30(38(35,36)16-24(33)34)10-2-4-17-3-1-5-18(13-17)25(27)28/h1-7,13-14,20H,8-12,15-16H2,(H3,27,28)(H,31,32)(H,33,34)/b4-2+.